The third kappa shape index (κ3) is 2.58. The summed E-state index contributed by atoms with van der Waals surface area (Å²) in [5.74, 6) is 1.45. The highest BCUT2D eigenvalue weighted by Gasteiger charge is 2.00. The van der Waals surface area contributed by atoms with Crippen LogP contribution in [-0.4, -0.2) is 14.2 Å². The number of hydrogen-bond acceptors (Lipinski definition) is 2. The van der Waals surface area contributed by atoms with Crippen LogP contribution in [0.25, 0.3) is 0 Å². The van der Waals surface area contributed by atoms with Crippen molar-refractivity contribution in [1.82, 2.24) is 0 Å². The molecule has 0 amide bonds. The second-order valence-corrected chi connectivity index (χ2v) is 4.62. The zero-order valence-electron chi connectivity index (χ0n) is 6.90. The van der Waals surface area contributed by atoms with E-state index in [0.717, 1.165) is 5.56 Å². The topological polar surface area (TPSA) is 34.1 Å². The normalized spacial score (nSPS) is 11.1. The molecule has 66 valence electrons. The average Bonchev–Trinajstić information content (AvgIpc) is 2.06. The van der Waals surface area contributed by atoms with E-state index in [9.17, 15) is 8.42 Å². The van der Waals surface area contributed by atoms with Gasteiger partial charge in [0.2, 0.25) is 0 Å². The van der Waals surface area contributed by atoms with Gasteiger partial charge in [0.15, 0.2) is 0 Å². The molecule has 1 rings (SSSR count). The lowest BCUT2D eigenvalue weighted by molar-refractivity contribution is 0.603. The van der Waals surface area contributed by atoms with Crippen LogP contribution < -0.4 is 0 Å². The molecule has 0 fully saturated rings. The van der Waals surface area contributed by atoms with Gasteiger partial charge in [0.25, 0.3) is 0 Å². The van der Waals surface area contributed by atoms with E-state index < -0.39 is 9.84 Å². The highest BCUT2D eigenvalue weighted by atomic mass is 32.2. The van der Waals surface area contributed by atoms with Crippen LogP contribution in [0, 0.1) is 5.75 Å². The predicted octanol–water partition coefficient (Wildman–Crippen LogP) is 1.63. The van der Waals surface area contributed by atoms with Crippen molar-refractivity contribution < 1.29 is 8.42 Å². The summed E-state index contributed by atoms with van der Waals surface area (Å²) in [7, 11) is -3.00. The molecule has 12 heavy (non-hydrogen) atoms. The summed E-state index contributed by atoms with van der Waals surface area (Å²) in [4.78, 5) is 0. The van der Waals surface area contributed by atoms with Crippen LogP contribution in [0.3, 0.4) is 0 Å². The summed E-state index contributed by atoms with van der Waals surface area (Å²) < 4.78 is 22.2. The van der Waals surface area contributed by atoms with Crippen molar-refractivity contribution in [2.24, 2.45) is 0 Å². The molecular formula is C9H11O2S-. The predicted molar refractivity (Wildman–Crippen MR) is 49.3 cm³/mol. The molecule has 0 unspecified atom stereocenters. The Balaban J connectivity index is 2.78. The molecule has 0 aromatic heterocycles. The van der Waals surface area contributed by atoms with Crippen molar-refractivity contribution in [1.29, 1.82) is 0 Å². The molecule has 0 spiro atoms. The molecule has 0 aliphatic heterocycles. The maximum absolute atomic E-state index is 11.1. The SMILES string of the molecule is CCS(=O)(=O)[CH-]c1ccccc1. The maximum atomic E-state index is 11.1. The summed E-state index contributed by atoms with van der Waals surface area (Å²) in [6.45, 7) is 1.63. The van der Waals surface area contributed by atoms with Crippen LogP contribution in [0.1, 0.15) is 12.5 Å². The van der Waals surface area contributed by atoms with E-state index in [2.05, 4.69) is 0 Å². The highest BCUT2D eigenvalue weighted by molar-refractivity contribution is 7.93. The molecule has 0 radical (unpaired) electrons. The first-order valence-electron chi connectivity index (χ1n) is 3.76. The molecule has 0 aliphatic carbocycles. The summed E-state index contributed by atoms with van der Waals surface area (Å²) in [5, 5.41) is 0. The first-order valence-corrected chi connectivity index (χ1v) is 5.48. The third-order valence-corrected chi connectivity index (χ3v) is 2.95. The zero-order valence-corrected chi connectivity index (χ0v) is 7.71. The fraction of sp³-hybridized carbons (Fsp3) is 0.222. The standard InChI is InChI=1S/C9H11O2S/c1-2-12(10,11)8-9-6-4-3-5-7-9/h3-8H,2H2,1H3/q-1. The molecule has 0 N–H and O–H groups in total. The Hall–Kier alpha value is -0.960. The number of sulfone groups is 1. The molecule has 2 nitrogen and oxygen atoms in total. The third-order valence-electron chi connectivity index (χ3n) is 1.52. The minimum absolute atomic E-state index is 0.155. The lowest BCUT2D eigenvalue weighted by atomic mass is 10.2. The van der Waals surface area contributed by atoms with Gasteiger partial charge in [0.1, 0.15) is 9.84 Å². The molecule has 1 aromatic rings. The Kier molecular flexibility index (Phi) is 2.76. The summed E-state index contributed by atoms with van der Waals surface area (Å²) in [5.41, 5.74) is 0.736. The molecule has 0 saturated carbocycles. The number of hydrogen-bond donors (Lipinski definition) is 0. The molecule has 1 aromatic carbocycles. The van der Waals surface area contributed by atoms with Gasteiger partial charge in [-0.1, -0.05) is 18.7 Å². The van der Waals surface area contributed by atoms with E-state index in [-0.39, 0.29) is 5.75 Å². The van der Waals surface area contributed by atoms with Gasteiger partial charge in [-0.25, -0.2) is 8.42 Å². The minimum atomic E-state index is -3.00. The summed E-state index contributed by atoms with van der Waals surface area (Å²) >= 11 is 0. The summed E-state index contributed by atoms with van der Waals surface area (Å²) in [6.07, 6.45) is 0. The van der Waals surface area contributed by atoms with Crippen molar-refractivity contribution in [2.75, 3.05) is 5.75 Å². The summed E-state index contributed by atoms with van der Waals surface area (Å²) in [6, 6.07) is 9.03. The van der Waals surface area contributed by atoms with Gasteiger partial charge in [0.05, 0.1) is 0 Å². The van der Waals surface area contributed by atoms with Gasteiger partial charge in [-0.2, -0.15) is 17.7 Å². The van der Waals surface area contributed by atoms with Crippen LogP contribution in [0.4, 0.5) is 0 Å². The van der Waals surface area contributed by atoms with Crippen molar-refractivity contribution in [3.05, 3.63) is 41.6 Å². The Morgan fingerprint density at radius 2 is 1.83 bits per heavy atom. The first-order chi connectivity index (χ1) is 5.64. The Morgan fingerprint density at radius 1 is 1.25 bits per heavy atom. The van der Waals surface area contributed by atoms with Gasteiger partial charge in [0, 0.05) is 5.75 Å². The van der Waals surface area contributed by atoms with Gasteiger partial charge >= 0.3 is 0 Å². The number of benzene rings is 1. The van der Waals surface area contributed by atoms with Crippen LogP contribution in [0.2, 0.25) is 0 Å². The van der Waals surface area contributed by atoms with E-state index in [4.69, 9.17) is 0 Å². The molecule has 0 heterocycles. The smallest absolute Gasteiger partial charge is 0.126 e. The lowest BCUT2D eigenvalue weighted by Gasteiger charge is -2.08. The molecule has 0 atom stereocenters. The van der Waals surface area contributed by atoms with Crippen molar-refractivity contribution in [3.63, 3.8) is 0 Å². The van der Waals surface area contributed by atoms with Gasteiger partial charge in [-0.05, 0) is 0 Å². The Morgan fingerprint density at radius 3 is 2.33 bits per heavy atom. The van der Waals surface area contributed by atoms with E-state index in [1.54, 1.807) is 19.1 Å². The van der Waals surface area contributed by atoms with Gasteiger partial charge in [-0.3, -0.25) is 0 Å². The van der Waals surface area contributed by atoms with E-state index in [1.807, 2.05) is 18.2 Å². The lowest BCUT2D eigenvalue weighted by Crippen LogP contribution is -2.03. The maximum Gasteiger partial charge on any atom is 0.126 e. The fourth-order valence-electron chi connectivity index (χ4n) is 0.822. The number of rotatable bonds is 3. The van der Waals surface area contributed by atoms with Crippen LogP contribution in [-0.2, 0) is 9.84 Å². The first kappa shape index (κ1) is 9.13. The minimum Gasteiger partial charge on any atom is -0.237 e. The molecular weight excluding hydrogens is 172 g/mol. The van der Waals surface area contributed by atoms with Crippen molar-refractivity contribution in [2.45, 2.75) is 6.92 Å². The van der Waals surface area contributed by atoms with Crippen molar-refractivity contribution in [3.8, 4) is 0 Å². The largest absolute Gasteiger partial charge is 0.237 e. The van der Waals surface area contributed by atoms with E-state index in [1.165, 1.54) is 5.75 Å². The Labute approximate surface area is 73.2 Å². The van der Waals surface area contributed by atoms with E-state index >= 15 is 0 Å². The van der Waals surface area contributed by atoms with Crippen molar-refractivity contribution >= 4 is 9.84 Å². The molecule has 0 bridgehead atoms. The quantitative estimate of drug-likeness (QED) is 0.667. The average molecular weight is 183 g/mol. The molecule has 0 aliphatic rings. The Bertz CT molecular complexity index is 327. The van der Waals surface area contributed by atoms with Crippen LogP contribution >= 0.6 is 0 Å². The van der Waals surface area contributed by atoms with E-state index in [0.29, 0.717) is 0 Å². The molecule has 3 heteroatoms. The second kappa shape index (κ2) is 3.63. The monoisotopic (exact) mass is 183 g/mol. The van der Waals surface area contributed by atoms with Crippen LogP contribution in [0.5, 0.6) is 0 Å². The zero-order chi connectivity index (χ0) is 9.03. The fourth-order valence-corrected chi connectivity index (χ4v) is 1.56. The van der Waals surface area contributed by atoms with Gasteiger partial charge < -0.3 is 0 Å². The highest BCUT2D eigenvalue weighted by Crippen LogP contribution is 2.07. The molecule has 0 saturated heterocycles. The van der Waals surface area contributed by atoms with Crippen LogP contribution in [0.15, 0.2) is 30.3 Å². The van der Waals surface area contributed by atoms with Gasteiger partial charge in [-0.15, -0.1) is 12.1 Å². The second-order valence-electron chi connectivity index (χ2n) is 2.48.